The Labute approximate surface area is 143 Å². The second kappa shape index (κ2) is 6.60. The lowest BCUT2D eigenvalue weighted by atomic mass is 10.1. The zero-order chi connectivity index (χ0) is 18.0. The Hall–Kier alpha value is -3.42. The maximum atomic E-state index is 12.1. The number of ether oxygens (including phenoxy) is 2. The number of rotatable bonds is 4. The topological polar surface area (TPSA) is 103 Å². The molecule has 0 saturated carbocycles. The van der Waals surface area contributed by atoms with Gasteiger partial charge < -0.3 is 9.47 Å². The van der Waals surface area contributed by atoms with Crippen molar-refractivity contribution in [3.05, 3.63) is 62.7 Å². The van der Waals surface area contributed by atoms with Crippen molar-refractivity contribution in [1.29, 1.82) is 0 Å². The van der Waals surface area contributed by atoms with Crippen LogP contribution in [0.3, 0.4) is 0 Å². The highest BCUT2D eigenvalue weighted by Gasteiger charge is 2.22. The molecule has 0 aliphatic carbocycles. The number of carbonyl (C=O) groups excluding carboxylic acids is 1. The summed E-state index contributed by atoms with van der Waals surface area (Å²) in [4.78, 5) is 22.7. The maximum Gasteiger partial charge on any atom is 0.282 e. The Kier molecular flexibility index (Phi) is 4.34. The molecular weight excluding hydrogens is 326 g/mol. The molecule has 1 N–H and O–H groups in total. The van der Waals surface area contributed by atoms with E-state index in [0.29, 0.717) is 17.1 Å². The van der Waals surface area contributed by atoms with Crippen LogP contribution < -0.4 is 14.9 Å². The molecule has 1 aliphatic rings. The molecule has 8 heteroatoms. The summed E-state index contributed by atoms with van der Waals surface area (Å²) in [6.45, 7) is 3.87. The summed E-state index contributed by atoms with van der Waals surface area (Å²) in [6.07, 6.45) is 1.21. The summed E-state index contributed by atoms with van der Waals surface area (Å²) in [5.74, 6) is 0.304. The first-order valence-electron chi connectivity index (χ1n) is 7.44. The molecule has 1 heterocycles. The van der Waals surface area contributed by atoms with Gasteiger partial charge in [-0.15, -0.1) is 0 Å². The van der Waals surface area contributed by atoms with Gasteiger partial charge in [0.25, 0.3) is 11.6 Å². The molecule has 0 spiro atoms. The summed E-state index contributed by atoms with van der Waals surface area (Å²) >= 11 is 0. The summed E-state index contributed by atoms with van der Waals surface area (Å²) in [5, 5.41) is 15.0. The SMILES string of the molecule is Cc1ccc(C(=O)N/N=C/c2cc3c(cc2[N+](=O)[O-])OCO3)cc1C. The molecule has 0 saturated heterocycles. The highest BCUT2D eigenvalue weighted by Crippen LogP contribution is 2.37. The van der Waals surface area contributed by atoms with E-state index in [0.717, 1.165) is 11.1 Å². The van der Waals surface area contributed by atoms with Crippen molar-refractivity contribution in [2.24, 2.45) is 5.10 Å². The quantitative estimate of drug-likeness (QED) is 0.523. The molecule has 128 valence electrons. The van der Waals surface area contributed by atoms with Gasteiger partial charge in [-0.3, -0.25) is 14.9 Å². The fourth-order valence-electron chi connectivity index (χ4n) is 2.32. The lowest BCUT2D eigenvalue weighted by Gasteiger charge is -2.04. The second-order valence-corrected chi connectivity index (χ2v) is 5.52. The molecule has 8 nitrogen and oxygen atoms in total. The molecule has 0 fully saturated rings. The standard InChI is InChI=1S/C17H15N3O5/c1-10-3-4-12(5-11(10)2)17(21)19-18-8-13-6-15-16(25-9-24-15)7-14(13)20(22)23/h3-8H,9H2,1-2H3,(H,19,21)/b18-8+. The predicted molar refractivity (Wildman–Crippen MR) is 90.2 cm³/mol. The van der Waals surface area contributed by atoms with E-state index in [2.05, 4.69) is 10.5 Å². The molecule has 0 bridgehead atoms. The lowest BCUT2D eigenvalue weighted by molar-refractivity contribution is -0.385. The number of nitrogens with zero attached hydrogens (tertiary/aromatic N) is 2. The molecule has 1 amide bonds. The monoisotopic (exact) mass is 341 g/mol. The van der Waals surface area contributed by atoms with E-state index < -0.39 is 10.8 Å². The Balaban J connectivity index is 1.79. The zero-order valence-electron chi connectivity index (χ0n) is 13.6. The van der Waals surface area contributed by atoms with Crippen LogP contribution in [0, 0.1) is 24.0 Å². The average molecular weight is 341 g/mol. The predicted octanol–water partition coefficient (Wildman–Crippen LogP) is 2.70. The number of fused-ring (bicyclic) bond motifs is 1. The first kappa shape index (κ1) is 16.4. The average Bonchev–Trinajstić information content (AvgIpc) is 3.03. The van der Waals surface area contributed by atoms with Crippen molar-refractivity contribution >= 4 is 17.8 Å². The number of amides is 1. The Bertz CT molecular complexity index is 892. The third kappa shape index (κ3) is 3.42. The largest absolute Gasteiger partial charge is 0.454 e. The number of hydrogen-bond donors (Lipinski definition) is 1. The van der Waals surface area contributed by atoms with Gasteiger partial charge in [0.05, 0.1) is 22.8 Å². The number of carbonyl (C=O) groups is 1. The number of nitrogens with one attached hydrogen (secondary N) is 1. The summed E-state index contributed by atoms with van der Waals surface area (Å²) in [6, 6.07) is 8.01. The minimum absolute atomic E-state index is 0.0105. The molecule has 0 radical (unpaired) electrons. The first-order valence-corrected chi connectivity index (χ1v) is 7.44. The van der Waals surface area contributed by atoms with Gasteiger partial charge in [0, 0.05) is 5.56 Å². The van der Waals surface area contributed by atoms with Crippen LogP contribution in [0.25, 0.3) is 0 Å². The molecule has 25 heavy (non-hydrogen) atoms. The zero-order valence-corrected chi connectivity index (χ0v) is 13.6. The van der Waals surface area contributed by atoms with Crippen LogP contribution in [-0.2, 0) is 0 Å². The van der Waals surface area contributed by atoms with Gasteiger partial charge in [0.2, 0.25) is 6.79 Å². The van der Waals surface area contributed by atoms with Crippen molar-refractivity contribution in [2.75, 3.05) is 6.79 Å². The molecule has 0 unspecified atom stereocenters. The molecule has 1 aliphatic heterocycles. The normalized spacial score (nSPS) is 12.4. The summed E-state index contributed by atoms with van der Waals surface area (Å²) in [7, 11) is 0. The van der Waals surface area contributed by atoms with E-state index in [1.807, 2.05) is 19.9 Å². The van der Waals surface area contributed by atoms with E-state index in [1.165, 1.54) is 18.3 Å². The van der Waals surface area contributed by atoms with Crippen LogP contribution in [-0.4, -0.2) is 23.8 Å². The molecule has 0 aromatic heterocycles. The van der Waals surface area contributed by atoms with Gasteiger partial charge in [0.1, 0.15) is 0 Å². The number of hydrogen-bond acceptors (Lipinski definition) is 6. The van der Waals surface area contributed by atoms with Crippen molar-refractivity contribution in [2.45, 2.75) is 13.8 Å². The fraction of sp³-hybridized carbons (Fsp3) is 0.176. The van der Waals surface area contributed by atoms with Crippen LogP contribution in [0.4, 0.5) is 5.69 Å². The number of aryl methyl sites for hydroxylation is 2. The molecule has 2 aromatic carbocycles. The maximum absolute atomic E-state index is 12.1. The van der Waals surface area contributed by atoms with Crippen molar-refractivity contribution in [3.63, 3.8) is 0 Å². The van der Waals surface area contributed by atoms with Crippen molar-refractivity contribution in [1.82, 2.24) is 5.43 Å². The fourth-order valence-corrected chi connectivity index (χ4v) is 2.32. The van der Waals surface area contributed by atoms with Crippen LogP contribution in [0.15, 0.2) is 35.4 Å². The number of benzene rings is 2. The van der Waals surface area contributed by atoms with Gasteiger partial charge in [-0.1, -0.05) is 6.07 Å². The Morgan fingerprint density at radius 3 is 2.60 bits per heavy atom. The van der Waals surface area contributed by atoms with Gasteiger partial charge in [0.15, 0.2) is 11.5 Å². The number of nitro benzene ring substituents is 1. The highest BCUT2D eigenvalue weighted by atomic mass is 16.7. The Morgan fingerprint density at radius 1 is 1.20 bits per heavy atom. The third-order valence-corrected chi connectivity index (χ3v) is 3.86. The van der Waals surface area contributed by atoms with Crippen LogP contribution in [0.2, 0.25) is 0 Å². The Morgan fingerprint density at radius 2 is 1.92 bits per heavy atom. The van der Waals surface area contributed by atoms with Crippen molar-refractivity contribution in [3.8, 4) is 11.5 Å². The molecular formula is C17H15N3O5. The van der Waals surface area contributed by atoms with E-state index in [4.69, 9.17) is 9.47 Å². The van der Waals surface area contributed by atoms with Crippen LogP contribution >= 0.6 is 0 Å². The van der Waals surface area contributed by atoms with Crippen LogP contribution in [0.5, 0.6) is 11.5 Å². The van der Waals surface area contributed by atoms with E-state index >= 15 is 0 Å². The van der Waals surface area contributed by atoms with E-state index in [1.54, 1.807) is 12.1 Å². The molecule has 0 atom stereocenters. The minimum Gasteiger partial charge on any atom is -0.454 e. The molecule has 3 rings (SSSR count). The first-order chi connectivity index (χ1) is 12.0. The summed E-state index contributed by atoms with van der Waals surface area (Å²) in [5.41, 5.74) is 4.91. The second-order valence-electron chi connectivity index (χ2n) is 5.52. The number of nitro groups is 1. The van der Waals surface area contributed by atoms with E-state index in [-0.39, 0.29) is 18.0 Å². The van der Waals surface area contributed by atoms with Gasteiger partial charge in [-0.05, 0) is 43.2 Å². The van der Waals surface area contributed by atoms with Crippen molar-refractivity contribution < 1.29 is 19.2 Å². The van der Waals surface area contributed by atoms with Crippen LogP contribution in [0.1, 0.15) is 27.0 Å². The number of hydrazone groups is 1. The summed E-state index contributed by atoms with van der Waals surface area (Å²) < 4.78 is 10.3. The lowest BCUT2D eigenvalue weighted by Crippen LogP contribution is -2.17. The van der Waals surface area contributed by atoms with Gasteiger partial charge >= 0.3 is 0 Å². The van der Waals surface area contributed by atoms with E-state index in [9.17, 15) is 14.9 Å². The minimum atomic E-state index is -0.547. The molecule has 2 aromatic rings. The van der Waals surface area contributed by atoms with Gasteiger partial charge in [-0.2, -0.15) is 5.10 Å². The third-order valence-electron chi connectivity index (χ3n) is 3.86. The smallest absolute Gasteiger partial charge is 0.282 e. The highest BCUT2D eigenvalue weighted by molar-refractivity contribution is 5.95. The van der Waals surface area contributed by atoms with Gasteiger partial charge in [-0.25, -0.2) is 5.43 Å².